The van der Waals surface area contributed by atoms with Gasteiger partial charge in [0.15, 0.2) is 11.5 Å². The lowest BCUT2D eigenvalue weighted by Gasteiger charge is -2.14. The largest absolute Gasteiger partial charge is 0.493 e. The number of anilines is 1. The molecule has 0 saturated carbocycles. The molecule has 160 valence electrons. The lowest BCUT2D eigenvalue weighted by molar-refractivity contribution is -0.118. The first kappa shape index (κ1) is 22.5. The van der Waals surface area contributed by atoms with Crippen molar-refractivity contribution >= 4 is 23.4 Å². The number of ether oxygens (including phenoxy) is 3. The van der Waals surface area contributed by atoms with Crippen LogP contribution < -0.4 is 30.2 Å². The molecule has 9 nitrogen and oxygen atoms in total. The number of methoxy groups -OCH3 is 3. The number of hydrogen-bond acceptors (Lipinski definition) is 6. The second kappa shape index (κ2) is 10.7. The monoisotopic (exact) mass is 415 g/mol. The fourth-order valence-electron chi connectivity index (χ4n) is 2.64. The fraction of sp³-hybridized carbons (Fsp3) is 0.286. The molecule has 30 heavy (non-hydrogen) atoms. The molecule has 3 N–H and O–H groups in total. The Morgan fingerprint density at radius 1 is 0.767 bits per heavy atom. The third kappa shape index (κ3) is 5.87. The summed E-state index contributed by atoms with van der Waals surface area (Å²) in [5, 5.41) is 8.05. The normalized spacial score (nSPS) is 10.0. The van der Waals surface area contributed by atoms with Gasteiger partial charge < -0.3 is 30.2 Å². The first-order chi connectivity index (χ1) is 14.4. The van der Waals surface area contributed by atoms with Crippen LogP contribution in [0.2, 0.25) is 0 Å². The Balaban J connectivity index is 2.04. The number of carbonyl (C=O) groups excluding carboxylic acids is 3. The van der Waals surface area contributed by atoms with Crippen LogP contribution in [0.4, 0.5) is 5.69 Å². The van der Waals surface area contributed by atoms with Crippen LogP contribution in [0.1, 0.15) is 27.6 Å². The number of benzene rings is 2. The summed E-state index contributed by atoms with van der Waals surface area (Å²) in [6.07, 6.45) is 0. The highest BCUT2D eigenvalue weighted by molar-refractivity contribution is 6.05. The topological polar surface area (TPSA) is 115 Å². The van der Waals surface area contributed by atoms with Gasteiger partial charge in [0.05, 0.1) is 21.3 Å². The minimum Gasteiger partial charge on any atom is -0.493 e. The van der Waals surface area contributed by atoms with Gasteiger partial charge in [0.2, 0.25) is 11.7 Å². The van der Waals surface area contributed by atoms with Gasteiger partial charge in [-0.15, -0.1) is 0 Å². The van der Waals surface area contributed by atoms with Crippen LogP contribution in [-0.4, -0.2) is 52.1 Å². The summed E-state index contributed by atoms with van der Waals surface area (Å²) in [6.45, 7) is 2.08. The maximum Gasteiger partial charge on any atom is 0.255 e. The molecule has 2 aromatic rings. The van der Waals surface area contributed by atoms with E-state index in [-0.39, 0.29) is 17.7 Å². The van der Waals surface area contributed by atoms with Crippen molar-refractivity contribution in [1.82, 2.24) is 10.6 Å². The summed E-state index contributed by atoms with van der Waals surface area (Å²) < 4.78 is 15.8. The van der Waals surface area contributed by atoms with Crippen LogP contribution in [0.15, 0.2) is 36.4 Å². The van der Waals surface area contributed by atoms with Crippen LogP contribution in [0.3, 0.4) is 0 Å². The van der Waals surface area contributed by atoms with Gasteiger partial charge in [-0.3, -0.25) is 14.4 Å². The molecule has 0 saturated heterocycles. The number of hydrogen-bond donors (Lipinski definition) is 3. The van der Waals surface area contributed by atoms with Crippen molar-refractivity contribution in [3.63, 3.8) is 0 Å². The zero-order chi connectivity index (χ0) is 22.1. The van der Waals surface area contributed by atoms with E-state index in [1.54, 1.807) is 36.4 Å². The van der Waals surface area contributed by atoms with Crippen molar-refractivity contribution in [2.24, 2.45) is 0 Å². The van der Waals surface area contributed by atoms with Crippen LogP contribution in [-0.2, 0) is 4.79 Å². The Hall–Kier alpha value is -3.75. The van der Waals surface area contributed by atoms with Crippen molar-refractivity contribution in [3.05, 3.63) is 47.5 Å². The third-order valence-corrected chi connectivity index (χ3v) is 4.12. The smallest absolute Gasteiger partial charge is 0.255 e. The molecule has 0 atom stereocenters. The molecule has 0 spiro atoms. The fourth-order valence-corrected chi connectivity index (χ4v) is 2.64. The number of amides is 3. The molecule has 9 heteroatoms. The molecule has 0 heterocycles. The number of rotatable bonds is 9. The maximum absolute atomic E-state index is 12.6. The Bertz CT molecular complexity index is 886. The summed E-state index contributed by atoms with van der Waals surface area (Å²) in [7, 11) is 4.43. The van der Waals surface area contributed by atoms with E-state index < -0.39 is 0 Å². The van der Waals surface area contributed by atoms with Crippen LogP contribution >= 0.6 is 0 Å². The summed E-state index contributed by atoms with van der Waals surface area (Å²) in [5.74, 6) is 0.327. The van der Waals surface area contributed by atoms with Crippen molar-refractivity contribution < 1.29 is 28.6 Å². The summed E-state index contributed by atoms with van der Waals surface area (Å²) >= 11 is 0. The van der Waals surface area contributed by atoms with Gasteiger partial charge in [-0.2, -0.15) is 0 Å². The SMILES string of the molecule is COc1cc(C(=O)Nc2ccc(C(=O)NCCNC(C)=O)cc2)cc(OC)c1OC. The predicted octanol–water partition coefficient (Wildman–Crippen LogP) is 1.83. The first-order valence-corrected chi connectivity index (χ1v) is 9.13. The minimum absolute atomic E-state index is 0.156. The van der Waals surface area contributed by atoms with E-state index in [0.717, 1.165) is 0 Å². The van der Waals surface area contributed by atoms with Crippen molar-refractivity contribution in [1.29, 1.82) is 0 Å². The van der Waals surface area contributed by atoms with Gasteiger partial charge in [-0.1, -0.05) is 0 Å². The van der Waals surface area contributed by atoms with Gasteiger partial charge in [0, 0.05) is 36.8 Å². The van der Waals surface area contributed by atoms with Gasteiger partial charge in [-0.25, -0.2) is 0 Å². The van der Waals surface area contributed by atoms with E-state index >= 15 is 0 Å². The minimum atomic E-state index is -0.373. The Morgan fingerprint density at radius 2 is 1.33 bits per heavy atom. The molecule has 2 rings (SSSR count). The molecule has 0 aromatic heterocycles. The van der Waals surface area contributed by atoms with E-state index in [1.165, 1.54) is 28.3 Å². The standard InChI is InChI=1S/C21H25N3O6/c1-13(25)22-9-10-23-20(26)14-5-7-16(8-6-14)24-21(27)15-11-17(28-2)19(30-4)18(12-15)29-3/h5-8,11-12H,9-10H2,1-4H3,(H,22,25)(H,23,26)(H,24,27). The second-order valence-corrected chi connectivity index (χ2v) is 6.18. The summed E-state index contributed by atoms with van der Waals surface area (Å²) in [4.78, 5) is 35.5. The molecule has 0 fully saturated rings. The van der Waals surface area contributed by atoms with E-state index in [4.69, 9.17) is 14.2 Å². The number of nitrogens with one attached hydrogen (secondary N) is 3. The van der Waals surface area contributed by atoms with E-state index in [0.29, 0.717) is 47.2 Å². The highest BCUT2D eigenvalue weighted by atomic mass is 16.5. The molecule has 0 unspecified atom stereocenters. The molecule has 0 bridgehead atoms. The summed E-state index contributed by atoms with van der Waals surface area (Å²) in [6, 6.07) is 9.54. The maximum atomic E-state index is 12.6. The zero-order valence-electron chi connectivity index (χ0n) is 17.3. The van der Waals surface area contributed by atoms with Crippen molar-refractivity contribution in [2.45, 2.75) is 6.92 Å². The average Bonchev–Trinajstić information content (AvgIpc) is 2.75. The number of carbonyl (C=O) groups is 3. The van der Waals surface area contributed by atoms with Gasteiger partial charge in [0.1, 0.15) is 0 Å². The lowest BCUT2D eigenvalue weighted by atomic mass is 10.1. The van der Waals surface area contributed by atoms with Crippen LogP contribution in [0, 0.1) is 0 Å². The molecule has 2 aromatic carbocycles. The Morgan fingerprint density at radius 3 is 1.83 bits per heavy atom. The van der Waals surface area contributed by atoms with Crippen LogP contribution in [0.25, 0.3) is 0 Å². The van der Waals surface area contributed by atoms with E-state index in [9.17, 15) is 14.4 Å². The quantitative estimate of drug-likeness (QED) is 0.539. The predicted molar refractivity (Wildman–Crippen MR) is 112 cm³/mol. The van der Waals surface area contributed by atoms with E-state index in [2.05, 4.69) is 16.0 Å². The van der Waals surface area contributed by atoms with Crippen LogP contribution in [0.5, 0.6) is 17.2 Å². The van der Waals surface area contributed by atoms with E-state index in [1.807, 2.05) is 0 Å². The van der Waals surface area contributed by atoms with Gasteiger partial charge in [-0.05, 0) is 36.4 Å². The lowest BCUT2D eigenvalue weighted by Crippen LogP contribution is -2.33. The van der Waals surface area contributed by atoms with Crippen molar-refractivity contribution in [3.8, 4) is 17.2 Å². The van der Waals surface area contributed by atoms with Gasteiger partial charge >= 0.3 is 0 Å². The highest BCUT2D eigenvalue weighted by Gasteiger charge is 2.17. The zero-order valence-corrected chi connectivity index (χ0v) is 17.3. The second-order valence-electron chi connectivity index (χ2n) is 6.18. The average molecular weight is 415 g/mol. The van der Waals surface area contributed by atoms with Crippen molar-refractivity contribution in [2.75, 3.05) is 39.7 Å². The molecule has 3 amide bonds. The molecule has 0 aliphatic rings. The third-order valence-electron chi connectivity index (χ3n) is 4.12. The molecular formula is C21H25N3O6. The molecular weight excluding hydrogens is 390 g/mol. The Labute approximate surface area is 174 Å². The molecule has 0 aliphatic heterocycles. The Kier molecular flexibility index (Phi) is 8.04. The first-order valence-electron chi connectivity index (χ1n) is 9.13. The van der Waals surface area contributed by atoms with Gasteiger partial charge in [0.25, 0.3) is 11.8 Å². The summed E-state index contributed by atoms with van der Waals surface area (Å²) in [5.41, 5.74) is 1.27. The molecule has 0 radical (unpaired) electrons. The molecule has 0 aliphatic carbocycles. The highest BCUT2D eigenvalue weighted by Crippen LogP contribution is 2.38.